The van der Waals surface area contributed by atoms with Crippen LogP contribution >= 0.6 is 23.4 Å². The van der Waals surface area contributed by atoms with Gasteiger partial charge in [0.25, 0.3) is 0 Å². The predicted octanol–water partition coefficient (Wildman–Crippen LogP) is 6.21. The van der Waals surface area contributed by atoms with E-state index >= 15 is 0 Å². The monoisotopic (exact) mass is 436 g/mol. The number of hydrogen-bond acceptors (Lipinski definition) is 4. The van der Waals surface area contributed by atoms with Crippen LogP contribution in [0.25, 0.3) is 11.0 Å². The molecule has 0 unspecified atom stereocenters. The standard InChI is InChI=1S/C24H21ClN2O2S/c1-2-29-23(28)19-10-13-22-21(14-19)26-24(27(22)15-17-6-4-3-5-7-17)30-16-18-8-11-20(25)12-9-18/h3-14H,2,15-16H2,1H3. The molecule has 0 radical (unpaired) electrons. The van der Waals surface area contributed by atoms with Crippen molar-refractivity contribution in [2.75, 3.05) is 6.61 Å². The van der Waals surface area contributed by atoms with Gasteiger partial charge in [0.1, 0.15) is 0 Å². The summed E-state index contributed by atoms with van der Waals surface area (Å²) in [5.41, 5.74) is 4.66. The molecule has 1 aromatic heterocycles. The Bertz CT molecular complexity index is 1160. The van der Waals surface area contributed by atoms with Gasteiger partial charge in [0.05, 0.1) is 29.7 Å². The number of thioether (sulfide) groups is 1. The van der Waals surface area contributed by atoms with Crippen molar-refractivity contribution >= 4 is 40.4 Å². The molecule has 0 bridgehead atoms. The minimum atomic E-state index is -0.327. The third-order valence-electron chi connectivity index (χ3n) is 4.69. The van der Waals surface area contributed by atoms with Crippen LogP contribution in [0.5, 0.6) is 0 Å². The molecule has 0 saturated heterocycles. The lowest BCUT2D eigenvalue weighted by Gasteiger charge is -2.09. The first-order chi connectivity index (χ1) is 14.6. The van der Waals surface area contributed by atoms with Crippen molar-refractivity contribution in [2.24, 2.45) is 0 Å². The van der Waals surface area contributed by atoms with Crippen LogP contribution in [-0.2, 0) is 17.0 Å². The molecule has 1 heterocycles. The Balaban J connectivity index is 1.68. The lowest BCUT2D eigenvalue weighted by Crippen LogP contribution is -2.04. The van der Waals surface area contributed by atoms with Crippen molar-refractivity contribution in [1.82, 2.24) is 9.55 Å². The van der Waals surface area contributed by atoms with Crippen LogP contribution in [0.15, 0.2) is 78.0 Å². The number of rotatable bonds is 7. The van der Waals surface area contributed by atoms with Gasteiger partial charge >= 0.3 is 5.97 Å². The van der Waals surface area contributed by atoms with Gasteiger partial charge in [0, 0.05) is 10.8 Å². The second-order valence-corrected chi connectivity index (χ2v) is 8.18. The van der Waals surface area contributed by atoms with E-state index in [2.05, 4.69) is 16.7 Å². The van der Waals surface area contributed by atoms with Gasteiger partial charge in [0.2, 0.25) is 0 Å². The molecule has 0 fully saturated rings. The smallest absolute Gasteiger partial charge is 0.338 e. The summed E-state index contributed by atoms with van der Waals surface area (Å²) in [5, 5.41) is 1.64. The quantitative estimate of drug-likeness (QED) is 0.255. The normalized spacial score (nSPS) is 11.0. The Labute approximate surface area is 184 Å². The zero-order valence-corrected chi connectivity index (χ0v) is 18.1. The number of aromatic nitrogens is 2. The molecule has 0 amide bonds. The molecule has 6 heteroatoms. The lowest BCUT2D eigenvalue weighted by molar-refractivity contribution is 0.0526. The van der Waals surface area contributed by atoms with Crippen LogP contribution in [-0.4, -0.2) is 22.1 Å². The highest BCUT2D eigenvalue weighted by molar-refractivity contribution is 7.98. The van der Waals surface area contributed by atoms with Gasteiger partial charge in [-0.25, -0.2) is 9.78 Å². The summed E-state index contributed by atoms with van der Waals surface area (Å²) in [7, 11) is 0. The summed E-state index contributed by atoms with van der Waals surface area (Å²) in [6, 6.07) is 23.7. The maximum atomic E-state index is 12.1. The van der Waals surface area contributed by atoms with E-state index in [0.717, 1.165) is 27.0 Å². The molecule has 3 aromatic carbocycles. The van der Waals surface area contributed by atoms with Crippen LogP contribution < -0.4 is 0 Å². The molecule has 0 spiro atoms. The number of halogens is 1. The first kappa shape index (κ1) is 20.5. The summed E-state index contributed by atoms with van der Waals surface area (Å²) in [5.74, 6) is 0.451. The summed E-state index contributed by atoms with van der Waals surface area (Å²) in [4.78, 5) is 17.0. The summed E-state index contributed by atoms with van der Waals surface area (Å²) >= 11 is 7.67. The Morgan fingerprint density at radius 2 is 1.80 bits per heavy atom. The number of carbonyl (C=O) groups excluding carboxylic acids is 1. The van der Waals surface area contributed by atoms with Crippen molar-refractivity contribution in [2.45, 2.75) is 24.4 Å². The van der Waals surface area contributed by atoms with Crippen molar-refractivity contribution in [3.63, 3.8) is 0 Å². The first-order valence-electron chi connectivity index (χ1n) is 9.72. The van der Waals surface area contributed by atoms with Crippen LogP contribution in [0.3, 0.4) is 0 Å². The average Bonchev–Trinajstić information content (AvgIpc) is 3.11. The minimum Gasteiger partial charge on any atom is -0.462 e. The molecule has 0 aliphatic heterocycles. The van der Waals surface area contributed by atoms with Gasteiger partial charge < -0.3 is 9.30 Å². The second kappa shape index (κ2) is 9.37. The van der Waals surface area contributed by atoms with Crippen LogP contribution in [0, 0.1) is 0 Å². The topological polar surface area (TPSA) is 44.1 Å². The Hall–Kier alpha value is -2.76. The maximum Gasteiger partial charge on any atom is 0.338 e. The fourth-order valence-corrected chi connectivity index (χ4v) is 4.30. The molecule has 4 aromatic rings. The van der Waals surface area contributed by atoms with Gasteiger partial charge in [-0.1, -0.05) is 65.8 Å². The number of nitrogens with zero attached hydrogens (tertiary/aromatic N) is 2. The van der Waals surface area contributed by atoms with Crippen LogP contribution in [0.2, 0.25) is 5.02 Å². The van der Waals surface area contributed by atoms with Gasteiger partial charge in [-0.2, -0.15) is 0 Å². The molecular formula is C24H21ClN2O2S. The largest absolute Gasteiger partial charge is 0.462 e. The zero-order valence-electron chi connectivity index (χ0n) is 16.5. The number of ether oxygens (including phenoxy) is 1. The van der Waals surface area contributed by atoms with E-state index in [1.54, 1.807) is 30.8 Å². The van der Waals surface area contributed by atoms with Crippen molar-refractivity contribution in [3.8, 4) is 0 Å². The van der Waals surface area contributed by atoms with E-state index < -0.39 is 0 Å². The predicted molar refractivity (Wildman–Crippen MR) is 122 cm³/mol. The Kier molecular flexibility index (Phi) is 6.41. The van der Waals surface area contributed by atoms with E-state index in [0.29, 0.717) is 18.7 Å². The Morgan fingerprint density at radius 3 is 2.53 bits per heavy atom. The summed E-state index contributed by atoms with van der Waals surface area (Å²) < 4.78 is 7.33. The molecule has 0 atom stereocenters. The fourth-order valence-electron chi connectivity index (χ4n) is 3.21. The van der Waals surface area contributed by atoms with E-state index in [-0.39, 0.29) is 5.97 Å². The van der Waals surface area contributed by atoms with E-state index in [9.17, 15) is 4.79 Å². The molecule has 152 valence electrons. The highest BCUT2D eigenvalue weighted by atomic mass is 35.5. The van der Waals surface area contributed by atoms with Gasteiger partial charge in [-0.3, -0.25) is 0 Å². The average molecular weight is 437 g/mol. The van der Waals surface area contributed by atoms with Crippen molar-refractivity contribution < 1.29 is 9.53 Å². The van der Waals surface area contributed by atoms with Crippen molar-refractivity contribution in [1.29, 1.82) is 0 Å². The molecule has 30 heavy (non-hydrogen) atoms. The molecule has 4 nitrogen and oxygen atoms in total. The van der Waals surface area contributed by atoms with Gasteiger partial charge in [-0.05, 0) is 48.4 Å². The highest BCUT2D eigenvalue weighted by Gasteiger charge is 2.15. The fraction of sp³-hybridized carbons (Fsp3) is 0.167. The van der Waals surface area contributed by atoms with Gasteiger partial charge in [0.15, 0.2) is 5.16 Å². The highest BCUT2D eigenvalue weighted by Crippen LogP contribution is 2.29. The lowest BCUT2D eigenvalue weighted by atomic mass is 10.2. The number of carbonyl (C=O) groups is 1. The number of imidazole rings is 1. The number of benzene rings is 3. The maximum absolute atomic E-state index is 12.1. The third kappa shape index (κ3) is 4.69. The molecule has 0 aliphatic rings. The first-order valence-corrected chi connectivity index (χ1v) is 11.1. The second-order valence-electron chi connectivity index (χ2n) is 6.81. The van der Waals surface area contributed by atoms with Crippen LogP contribution in [0.1, 0.15) is 28.4 Å². The number of hydrogen-bond donors (Lipinski definition) is 0. The van der Waals surface area contributed by atoms with Crippen LogP contribution in [0.4, 0.5) is 0 Å². The summed E-state index contributed by atoms with van der Waals surface area (Å²) in [6.45, 7) is 2.86. The van der Waals surface area contributed by atoms with E-state index in [4.69, 9.17) is 21.3 Å². The molecule has 0 aliphatic carbocycles. The van der Waals surface area contributed by atoms with E-state index in [1.807, 2.05) is 48.5 Å². The molecule has 0 saturated carbocycles. The third-order valence-corrected chi connectivity index (χ3v) is 5.99. The minimum absolute atomic E-state index is 0.327. The summed E-state index contributed by atoms with van der Waals surface area (Å²) in [6.07, 6.45) is 0. The number of fused-ring (bicyclic) bond motifs is 1. The molecule has 4 rings (SSSR count). The van der Waals surface area contributed by atoms with Gasteiger partial charge in [-0.15, -0.1) is 0 Å². The van der Waals surface area contributed by atoms with E-state index in [1.165, 1.54) is 11.1 Å². The molecule has 0 N–H and O–H groups in total. The SMILES string of the molecule is CCOC(=O)c1ccc2c(c1)nc(SCc1ccc(Cl)cc1)n2Cc1ccccc1. The Morgan fingerprint density at radius 1 is 1.03 bits per heavy atom. The zero-order chi connectivity index (χ0) is 20.9. The molecular weight excluding hydrogens is 416 g/mol. The van der Waals surface area contributed by atoms with Crippen molar-refractivity contribution in [3.05, 3.63) is 94.5 Å². The number of esters is 1.